The molecule has 1 amide bonds. The van der Waals surface area contributed by atoms with Gasteiger partial charge in [0.15, 0.2) is 0 Å². The van der Waals surface area contributed by atoms with Gasteiger partial charge in [0.25, 0.3) is 5.56 Å². The lowest BCUT2D eigenvalue weighted by Crippen LogP contribution is -2.27. The van der Waals surface area contributed by atoms with E-state index in [4.69, 9.17) is 10.5 Å². The maximum Gasteiger partial charge on any atom is 0.342 e. The van der Waals surface area contributed by atoms with Crippen LogP contribution in [0.4, 0.5) is 15.8 Å². The number of primary amides is 1. The molecule has 0 fully saturated rings. The second kappa shape index (κ2) is 8.14. The average Bonchev–Trinajstić information content (AvgIpc) is 3.10. The monoisotopic (exact) mass is 451 g/mol. The van der Waals surface area contributed by atoms with E-state index in [1.807, 2.05) is 0 Å². The van der Waals surface area contributed by atoms with Crippen LogP contribution in [0, 0.1) is 12.7 Å². The van der Waals surface area contributed by atoms with Crippen molar-refractivity contribution in [2.75, 3.05) is 11.9 Å². The highest BCUT2D eigenvalue weighted by Gasteiger charge is 2.28. The fourth-order valence-corrected chi connectivity index (χ4v) is 3.55. The fourth-order valence-electron chi connectivity index (χ4n) is 3.22. The van der Waals surface area contributed by atoms with Crippen LogP contribution >= 0.6 is 15.9 Å². The number of carbonyl (C=O) groups is 2. The summed E-state index contributed by atoms with van der Waals surface area (Å²) < 4.78 is 21.6. The first kappa shape index (κ1) is 20.1. The van der Waals surface area contributed by atoms with E-state index < -0.39 is 17.7 Å². The van der Waals surface area contributed by atoms with Crippen LogP contribution in [-0.2, 0) is 22.5 Å². The highest BCUT2D eigenvalue weighted by molar-refractivity contribution is 9.10. The summed E-state index contributed by atoms with van der Waals surface area (Å²) in [5.41, 5.74) is 6.19. The predicted octanol–water partition coefficient (Wildman–Crippen LogP) is 2.78. The van der Waals surface area contributed by atoms with Crippen molar-refractivity contribution in [3.05, 3.63) is 55.7 Å². The van der Waals surface area contributed by atoms with Gasteiger partial charge in [-0.15, -0.1) is 0 Å². The Balaban J connectivity index is 2.07. The summed E-state index contributed by atoms with van der Waals surface area (Å²) in [4.78, 5) is 36.4. The molecule has 7 nitrogen and oxygen atoms in total. The van der Waals surface area contributed by atoms with Crippen LogP contribution in [0.2, 0.25) is 0 Å². The van der Waals surface area contributed by atoms with Gasteiger partial charge < -0.3 is 20.4 Å². The van der Waals surface area contributed by atoms with Gasteiger partial charge >= 0.3 is 5.97 Å². The minimum absolute atomic E-state index is 0.107. The zero-order chi connectivity index (χ0) is 20.4. The summed E-state index contributed by atoms with van der Waals surface area (Å²) in [6.45, 7) is 1.91. The van der Waals surface area contributed by atoms with Gasteiger partial charge in [0, 0.05) is 22.3 Å². The van der Waals surface area contributed by atoms with Crippen LogP contribution < -0.4 is 16.6 Å². The maximum absolute atomic E-state index is 14.3. The minimum atomic E-state index is -0.685. The van der Waals surface area contributed by atoms with Crippen molar-refractivity contribution in [1.29, 1.82) is 0 Å². The molecule has 1 aromatic carbocycles. The Bertz CT molecular complexity index is 1020. The molecular weight excluding hydrogens is 433 g/mol. The third-order valence-corrected chi connectivity index (χ3v) is 5.07. The summed E-state index contributed by atoms with van der Waals surface area (Å²) in [7, 11) is 0. The van der Waals surface area contributed by atoms with Crippen LogP contribution in [0.3, 0.4) is 0 Å². The number of nitrogens with one attached hydrogen (secondary N) is 1. The molecule has 0 saturated carbocycles. The molecule has 3 rings (SSSR count). The first-order valence-electron chi connectivity index (χ1n) is 8.73. The van der Waals surface area contributed by atoms with Gasteiger partial charge in [-0.2, -0.15) is 0 Å². The first-order valence-corrected chi connectivity index (χ1v) is 9.52. The average molecular weight is 452 g/mol. The number of amides is 1. The number of ether oxygens (including phenoxy) is 1. The number of fused-ring (bicyclic) bond motifs is 1. The first-order chi connectivity index (χ1) is 13.3. The molecular formula is C19H19BrFN3O4. The van der Waals surface area contributed by atoms with E-state index in [1.165, 1.54) is 12.1 Å². The van der Waals surface area contributed by atoms with Crippen molar-refractivity contribution in [1.82, 2.24) is 4.57 Å². The normalized spacial score (nSPS) is 12.5. The van der Waals surface area contributed by atoms with Crippen molar-refractivity contribution in [3.8, 4) is 0 Å². The number of anilines is 2. The lowest BCUT2D eigenvalue weighted by Gasteiger charge is -2.19. The quantitative estimate of drug-likeness (QED) is 0.657. The minimum Gasteiger partial charge on any atom is -0.461 e. The molecule has 148 valence electrons. The number of aromatic nitrogens is 1. The van der Waals surface area contributed by atoms with E-state index in [-0.39, 0.29) is 41.1 Å². The molecule has 0 unspecified atom stereocenters. The number of rotatable bonds is 6. The van der Waals surface area contributed by atoms with E-state index in [2.05, 4.69) is 21.2 Å². The SMILES string of the molecule is Cc1c(Nc2ccc(Br)cc2F)c(C(=O)OCCC(N)=O)c2n(c1=O)CCC2. The van der Waals surface area contributed by atoms with Gasteiger partial charge in [-0.25, -0.2) is 9.18 Å². The molecule has 0 radical (unpaired) electrons. The van der Waals surface area contributed by atoms with E-state index in [0.717, 1.165) is 0 Å². The van der Waals surface area contributed by atoms with Gasteiger partial charge in [-0.05, 0) is 38.0 Å². The molecule has 0 saturated heterocycles. The fraction of sp³-hybridized carbons (Fsp3) is 0.316. The molecule has 0 spiro atoms. The Morgan fingerprint density at radius 3 is 2.82 bits per heavy atom. The van der Waals surface area contributed by atoms with Gasteiger partial charge in [-0.3, -0.25) is 9.59 Å². The molecule has 0 aliphatic carbocycles. The number of pyridine rings is 1. The molecule has 1 aliphatic heterocycles. The number of nitrogens with two attached hydrogens (primary N) is 1. The van der Waals surface area contributed by atoms with E-state index in [1.54, 1.807) is 17.6 Å². The number of carbonyl (C=O) groups excluding carboxylic acids is 2. The molecule has 2 aromatic rings. The van der Waals surface area contributed by atoms with Crippen LogP contribution in [0.25, 0.3) is 0 Å². The van der Waals surface area contributed by atoms with E-state index in [0.29, 0.717) is 29.6 Å². The Labute approximate surface area is 168 Å². The molecule has 2 heterocycles. The van der Waals surface area contributed by atoms with Crippen molar-refractivity contribution in [3.63, 3.8) is 0 Å². The zero-order valence-electron chi connectivity index (χ0n) is 15.2. The second-order valence-electron chi connectivity index (χ2n) is 6.48. The Kier molecular flexibility index (Phi) is 5.83. The summed E-state index contributed by atoms with van der Waals surface area (Å²) >= 11 is 3.19. The summed E-state index contributed by atoms with van der Waals surface area (Å²) in [6.07, 6.45) is 1.13. The number of hydrogen-bond acceptors (Lipinski definition) is 5. The van der Waals surface area contributed by atoms with Crippen LogP contribution in [0.5, 0.6) is 0 Å². The van der Waals surface area contributed by atoms with Crippen molar-refractivity contribution in [2.24, 2.45) is 5.73 Å². The lowest BCUT2D eigenvalue weighted by atomic mass is 10.1. The summed E-state index contributed by atoms with van der Waals surface area (Å²) in [5.74, 6) is -1.81. The summed E-state index contributed by atoms with van der Waals surface area (Å²) in [5, 5.41) is 2.89. The highest BCUT2D eigenvalue weighted by Crippen LogP contribution is 2.31. The molecule has 1 aromatic heterocycles. The number of esters is 1. The largest absolute Gasteiger partial charge is 0.461 e. The predicted molar refractivity (Wildman–Crippen MR) is 105 cm³/mol. The standard InChI is InChI=1S/C19H19BrFN3O4/c1-10-17(23-13-5-4-11(20)9-12(13)21)16(19(27)28-8-6-15(22)25)14-3-2-7-24(14)18(10)26/h4-5,9,23H,2-3,6-8H2,1H3,(H2,22,25). The third kappa shape index (κ3) is 3.94. The van der Waals surface area contributed by atoms with Crippen LogP contribution in [0.15, 0.2) is 27.5 Å². The van der Waals surface area contributed by atoms with Crippen molar-refractivity contribution >= 4 is 39.2 Å². The molecule has 0 atom stereocenters. The molecule has 1 aliphatic rings. The number of halogens is 2. The Morgan fingerprint density at radius 2 is 2.14 bits per heavy atom. The van der Waals surface area contributed by atoms with Crippen molar-refractivity contribution < 1.29 is 18.7 Å². The van der Waals surface area contributed by atoms with Gasteiger partial charge in [0.2, 0.25) is 5.91 Å². The van der Waals surface area contributed by atoms with Gasteiger partial charge in [0.1, 0.15) is 18.0 Å². The number of nitrogens with zero attached hydrogens (tertiary/aromatic N) is 1. The van der Waals surface area contributed by atoms with Crippen LogP contribution in [0.1, 0.15) is 34.5 Å². The molecule has 3 N–H and O–H groups in total. The number of hydrogen-bond donors (Lipinski definition) is 2. The highest BCUT2D eigenvalue weighted by atomic mass is 79.9. The second-order valence-corrected chi connectivity index (χ2v) is 7.40. The Hall–Kier alpha value is -2.68. The lowest BCUT2D eigenvalue weighted by molar-refractivity contribution is -0.118. The Morgan fingerprint density at radius 1 is 1.39 bits per heavy atom. The summed E-state index contributed by atoms with van der Waals surface area (Å²) in [6, 6.07) is 4.43. The smallest absolute Gasteiger partial charge is 0.342 e. The third-order valence-electron chi connectivity index (χ3n) is 4.58. The maximum atomic E-state index is 14.3. The molecule has 0 bridgehead atoms. The molecule has 28 heavy (non-hydrogen) atoms. The zero-order valence-corrected chi connectivity index (χ0v) is 16.8. The molecule has 9 heteroatoms. The topological polar surface area (TPSA) is 103 Å². The van der Waals surface area contributed by atoms with Gasteiger partial charge in [0.05, 0.1) is 17.8 Å². The number of benzene rings is 1. The van der Waals surface area contributed by atoms with Crippen molar-refractivity contribution in [2.45, 2.75) is 32.7 Å². The van der Waals surface area contributed by atoms with E-state index in [9.17, 15) is 18.8 Å². The van der Waals surface area contributed by atoms with Crippen LogP contribution in [-0.4, -0.2) is 23.1 Å². The van der Waals surface area contributed by atoms with E-state index >= 15 is 0 Å². The van der Waals surface area contributed by atoms with Gasteiger partial charge in [-0.1, -0.05) is 15.9 Å².